The predicted molar refractivity (Wildman–Crippen MR) is 135 cm³/mol. The molecule has 0 saturated carbocycles. The molecule has 0 aromatic heterocycles. The lowest BCUT2D eigenvalue weighted by Gasteiger charge is -2.20. The normalized spacial score (nSPS) is 17.3. The fraction of sp³-hybridized carbons (Fsp3) is 0.267. The van der Waals surface area contributed by atoms with Crippen molar-refractivity contribution in [3.63, 3.8) is 0 Å². The molecular formula is C30H30O5. The lowest BCUT2D eigenvalue weighted by molar-refractivity contribution is -0.114. The van der Waals surface area contributed by atoms with E-state index in [1.54, 1.807) is 18.2 Å². The molecule has 3 aromatic carbocycles. The van der Waals surface area contributed by atoms with E-state index in [4.69, 9.17) is 14.2 Å². The number of carbonyl (C=O) groups excluding carboxylic acids is 2. The Balaban J connectivity index is 1.70. The molecule has 5 nitrogen and oxygen atoms in total. The smallest absolute Gasteiger partial charge is 0.342 e. The van der Waals surface area contributed by atoms with Gasteiger partial charge in [-0.05, 0) is 55.0 Å². The molecule has 4 rings (SSSR count). The van der Waals surface area contributed by atoms with E-state index in [-0.39, 0.29) is 30.5 Å². The maximum atomic E-state index is 13.3. The second-order valence-electron chi connectivity index (χ2n) is 8.70. The number of esters is 1. The minimum atomic E-state index is -0.484. The standard InChI is InChI=1S/C30H30O5/c1-22-11-5-2-10-16-26(31)17-25-18-27(33-20-23-12-6-3-7-13-23)19-28(29(25)30(32)35-22)34-21-24-14-8-4-9-15-24/h3-4,6-10,12-16,18-19,22H,2,5,11,17,20-21H2,1H3/b16-10+/t22-/m0/s1. The number of hydrogen-bond acceptors (Lipinski definition) is 5. The van der Waals surface area contributed by atoms with Gasteiger partial charge in [0.15, 0.2) is 5.78 Å². The summed E-state index contributed by atoms with van der Waals surface area (Å²) >= 11 is 0. The molecule has 35 heavy (non-hydrogen) atoms. The van der Waals surface area contributed by atoms with Crippen LogP contribution in [0.4, 0.5) is 0 Å². The highest BCUT2D eigenvalue weighted by Crippen LogP contribution is 2.32. The summed E-state index contributed by atoms with van der Waals surface area (Å²) < 4.78 is 17.9. The first kappa shape index (κ1) is 24.3. The molecule has 0 N–H and O–H groups in total. The molecule has 0 radical (unpaired) electrons. The van der Waals surface area contributed by atoms with Crippen LogP contribution in [0.15, 0.2) is 84.9 Å². The molecule has 3 aromatic rings. The molecule has 1 aliphatic heterocycles. The van der Waals surface area contributed by atoms with Crippen LogP contribution in [0, 0.1) is 0 Å². The average Bonchev–Trinajstić information content (AvgIpc) is 2.86. The van der Waals surface area contributed by atoms with Crippen LogP contribution in [0.2, 0.25) is 0 Å². The van der Waals surface area contributed by atoms with Crippen molar-refractivity contribution >= 4 is 11.8 Å². The summed E-state index contributed by atoms with van der Waals surface area (Å²) in [5, 5.41) is 0. The van der Waals surface area contributed by atoms with E-state index in [0.29, 0.717) is 23.7 Å². The molecule has 0 bridgehead atoms. The van der Waals surface area contributed by atoms with Gasteiger partial charge in [-0.3, -0.25) is 4.79 Å². The van der Waals surface area contributed by atoms with Crippen molar-refractivity contribution < 1.29 is 23.8 Å². The molecule has 0 amide bonds. The maximum Gasteiger partial charge on any atom is 0.342 e. The van der Waals surface area contributed by atoms with Crippen molar-refractivity contribution in [2.24, 2.45) is 0 Å². The van der Waals surface area contributed by atoms with Gasteiger partial charge in [-0.2, -0.15) is 0 Å². The van der Waals surface area contributed by atoms with Crippen LogP contribution < -0.4 is 9.47 Å². The van der Waals surface area contributed by atoms with E-state index >= 15 is 0 Å². The van der Waals surface area contributed by atoms with Gasteiger partial charge in [0.05, 0.1) is 6.10 Å². The van der Waals surface area contributed by atoms with Gasteiger partial charge in [0.2, 0.25) is 0 Å². The van der Waals surface area contributed by atoms with Gasteiger partial charge < -0.3 is 14.2 Å². The minimum absolute atomic E-state index is 0.0551. The van der Waals surface area contributed by atoms with Gasteiger partial charge in [-0.1, -0.05) is 66.7 Å². The number of hydrogen-bond donors (Lipinski definition) is 0. The molecule has 5 heteroatoms. The molecule has 1 heterocycles. The summed E-state index contributed by atoms with van der Waals surface area (Å²) in [7, 11) is 0. The third-order valence-electron chi connectivity index (χ3n) is 5.81. The zero-order chi connectivity index (χ0) is 24.5. The Bertz CT molecular complexity index is 1170. The molecule has 0 saturated heterocycles. The number of cyclic esters (lactones) is 1. The monoisotopic (exact) mass is 470 g/mol. The van der Waals surface area contributed by atoms with E-state index in [1.807, 2.05) is 73.7 Å². The van der Waals surface area contributed by atoms with Crippen molar-refractivity contribution in [3.05, 3.63) is 107 Å². The fourth-order valence-electron chi connectivity index (χ4n) is 3.97. The summed E-state index contributed by atoms with van der Waals surface area (Å²) in [5.41, 5.74) is 2.79. The summed E-state index contributed by atoms with van der Waals surface area (Å²) in [4.78, 5) is 26.0. The first-order valence-corrected chi connectivity index (χ1v) is 12.0. The Morgan fingerprint density at radius 3 is 2.23 bits per heavy atom. The second kappa shape index (κ2) is 12.0. The Hall–Kier alpha value is -3.86. The summed E-state index contributed by atoms with van der Waals surface area (Å²) in [6.45, 7) is 2.51. The van der Waals surface area contributed by atoms with E-state index in [2.05, 4.69) is 0 Å². The van der Waals surface area contributed by atoms with Crippen molar-refractivity contribution in [2.75, 3.05) is 0 Å². The number of fused-ring (bicyclic) bond motifs is 1. The van der Waals surface area contributed by atoms with Crippen LogP contribution >= 0.6 is 0 Å². The number of ether oxygens (including phenoxy) is 3. The quantitative estimate of drug-likeness (QED) is 0.399. The number of rotatable bonds is 6. The number of carbonyl (C=O) groups is 2. The molecule has 0 aliphatic carbocycles. The average molecular weight is 471 g/mol. The van der Waals surface area contributed by atoms with Crippen molar-refractivity contribution in [3.8, 4) is 11.5 Å². The third kappa shape index (κ3) is 7.06. The Kier molecular flexibility index (Phi) is 8.34. The molecule has 0 unspecified atom stereocenters. The second-order valence-corrected chi connectivity index (χ2v) is 8.70. The molecule has 180 valence electrons. The lowest BCUT2D eigenvalue weighted by Crippen LogP contribution is -2.19. The summed E-state index contributed by atoms with van der Waals surface area (Å²) in [6, 6.07) is 23.0. The van der Waals surface area contributed by atoms with E-state index < -0.39 is 5.97 Å². The highest BCUT2D eigenvalue weighted by atomic mass is 16.5. The Morgan fingerprint density at radius 2 is 1.54 bits per heavy atom. The molecule has 0 spiro atoms. The van der Waals surface area contributed by atoms with Crippen molar-refractivity contribution in [2.45, 2.75) is 51.9 Å². The number of allylic oxidation sites excluding steroid dienone is 2. The summed E-state index contributed by atoms with van der Waals surface area (Å²) in [6.07, 6.45) is 5.64. The van der Waals surface area contributed by atoms with E-state index in [1.165, 1.54) is 0 Å². The molecule has 0 fully saturated rings. The zero-order valence-corrected chi connectivity index (χ0v) is 19.9. The van der Waals surface area contributed by atoms with Gasteiger partial charge in [-0.25, -0.2) is 4.79 Å². The largest absolute Gasteiger partial charge is 0.489 e. The topological polar surface area (TPSA) is 61.8 Å². The molecule has 1 atom stereocenters. The zero-order valence-electron chi connectivity index (χ0n) is 19.9. The third-order valence-corrected chi connectivity index (χ3v) is 5.81. The van der Waals surface area contributed by atoms with Crippen molar-refractivity contribution in [1.82, 2.24) is 0 Å². The van der Waals surface area contributed by atoms with Gasteiger partial charge >= 0.3 is 5.97 Å². The van der Waals surface area contributed by atoms with Gasteiger partial charge in [0.1, 0.15) is 30.3 Å². The predicted octanol–water partition coefficient (Wildman–Crippen LogP) is 6.24. The first-order valence-electron chi connectivity index (χ1n) is 12.0. The summed E-state index contributed by atoms with van der Waals surface area (Å²) in [5.74, 6) is 0.310. The first-order chi connectivity index (χ1) is 17.1. The fourth-order valence-corrected chi connectivity index (χ4v) is 3.97. The molecule has 1 aliphatic rings. The van der Waals surface area contributed by atoms with Crippen LogP contribution in [0.3, 0.4) is 0 Å². The van der Waals surface area contributed by atoms with Gasteiger partial charge in [0, 0.05) is 12.5 Å². The van der Waals surface area contributed by atoms with Crippen molar-refractivity contribution in [1.29, 1.82) is 0 Å². The highest BCUT2D eigenvalue weighted by molar-refractivity contribution is 5.98. The van der Waals surface area contributed by atoms with Crippen LogP contribution in [0.25, 0.3) is 0 Å². The van der Waals surface area contributed by atoms with Gasteiger partial charge in [-0.15, -0.1) is 0 Å². The minimum Gasteiger partial charge on any atom is -0.489 e. The SMILES string of the molecule is C[C@H]1CCC/C=C/C(=O)Cc2cc(OCc3ccccc3)cc(OCc3ccccc3)c2C(=O)O1. The Labute approximate surface area is 206 Å². The van der Waals surface area contributed by atoms with Crippen LogP contribution in [0.1, 0.15) is 53.2 Å². The maximum absolute atomic E-state index is 13.3. The van der Waals surface area contributed by atoms with E-state index in [0.717, 1.165) is 30.4 Å². The van der Waals surface area contributed by atoms with Crippen LogP contribution in [0.5, 0.6) is 11.5 Å². The molecular weight excluding hydrogens is 440 g/mol. The lowest BCUT2D eigenvalue weighted by atomic mass is 9.99. The van der Waals surface area contributed by atoms with Crippen LogP contribution in [-0.4, -0.2) is 17.9 Å². The number of ketones is 1. The highest BCUT2D eigenvalue weighted by Gasteiger charge is 2.24. The van der Waals surface area contributed by atoms with Crippen LogP contribution in [-0.2, 0) is 29.2 Å². The van der Waals surface area contributed by atoms with E-state index in [9.17, 15) is 9.59 Å². The number of benzene rings is 3. The Morgan fingerprint density at radius 1 is 0.886 bits per heavy atom. The van der Waals surface area contributed by atoms with Gasteiger partial charge in [0.25, 0.3) is 0 Å².